The maximum absolute atomic E-state index is 14.8. The Bertz CT molecular complexity index is 1140. The van der Waals surface area contributed by atoms with Crippen LogP contribution in [0.25, 0.3) is 0 Å². The van der Waals surface area contributed by atoms with E-state index in [1.807, 2.05) is 12.1 Å². The zero-order valence-electron chi connectivity index (χ0n) is 20.2. The highest BCUT2D eigenvalue weighted by Crippen LogP contribution is 2.46. The molecule has 1 fully saturated rings. The van der Waals surface area contributed by atoms with Crippen molar-refractivity contribution in [2.45, 2.75) is 37.8 Å². The third-order valence-electron chi connectivity index (χ3n) is 7.40. The van der Waals surface area contributed by atoms with Gasteiger partial charge in [-0.2, -0.15) is 0 Å². The molecule has 5 rings (SSSR count). The van der Waals surface area contributed by atoms with Gasteiger partial charge in [-0.05, 0) is 59.9 Å². The summed E-state index contributed by atoms with van der Waals surface area (Å²) in [4.78, 5) is 2.39. The van der Waals surface area contributed by atoms with Crippen molar-refractivity contribution in [3.8, 4) is 5.75 Å². The van der Waals surface area contributed by atoms with Gasteiger partial charge in [-0.15, -0.1) is 0 Å². The molecule has 35 heavy (non-hydrogen) atoms. The van der Waals surface area contributed by atoms with Gasteiger partial charge in [0.15, 0.2) is 6.29 Å². The predicted octanol–water partition coefficient (Wildman–Crippen LogP) is 5.77. The van der Waals surface area contributed by atoms with Crippen molar-refractivity contribution >= 4 is 5.69 Å². The maximum atomic E-state index is 14.8. The van der Waals surface area contributed by atoms with Gasteiger partial charge >= 0.3 is 0 Å². The number of benzene rings is 3. The summed E-state index contributed by atoms with van der Waals surface area (Å²) in [5.74, 6) is 0.155. The lowest BCUT2D eigenvalue weighted by Gasteiger charge is -2.37. The second kappa shape index (κ2) is 10.4. The number of rotatable bonds is 6. The van der Waals surface area contributed by atoms with Gasteiger partial charge in [-0.1, -0.05) is 36.4 Å². The van der Waals surface area contributed by atoms with Crippen LogP contribution in [0.2, 0.25) is 0 Å². The molecule has 3 aromatic rings. The van der Waals surface area contributed by atoms with Crippen molar-refractivity contribution < 1.29 is 23.7 Å². The average Bonchev–Trinajstić information content (AvgIpc) is 2.89. The number of methoxy groups -OCH3 is 2. The van der Waals surface area contributed by atoms with Crippen molar-refractivity contribution in [3.63, 3.8) is 0 Å². The van der Waals surface area contributed by atoms with Crippen LogP contribution in [0, 0.1) is 11.7 Å². The molecule has 2 aliphatic heterocycles. The van der Waals surface area contributed by atoms with Gasteiger partial charge in [-0.3, -0.25) is 0 Å². The molecule has 0 unspecified atom stereocenters. The molecule has 3 aromatic carbocycles. The summed E-state index contributed by atoms with van der Waals surface area (Å²) in [6.07, 6.45) is 1.42. The fourth-order valence-electron chi connectivity index (χ4n) is 5.59. The summed E-state index contributed by atoms with van der Waals surface area (Å²) in [7, 11) is 3.39. The van der Waals surface area contributed by atoms with E-state index >= 15 is 0 Å². The lowest BCUT2D eigenvalue weighted by molar-refractivity contribution is -0.141. The lowest BCUT2D eigenvalue weighted by Crippen LogP contribution is -2.39. The number of hydrogen-bond donors (Lipinski definition) is 1. The number of aromatic hydroxyl groups is 1. The second-order valence-electron chi connectivity index (χ2n) is 9.37. The molecular weight excluding hydrogens is 445 g/mol. The molecule has 5 nitrogen and oxygen atoms in total. The summed E-state index contributed by atoms with van der Waals surface area (Å²) >= 11 is 0. The standard InChI is InChI=1S/C29H32FNO4/c1-33-29(34-2)20-13-15-31(16-14-20)22-9-7-19(8-10-22)27-24-12-11-23(32)17-21(24)18-35-28(27)25-5-3-4-6-26(25)30/h3-12,17,20,27-29,32H,13-16,18H2,1-2H3/t27-,28-/m1/s1. The molecule has 0 amide bonds. The van der Waals surface area contributed by atoms with Crippen LogP contribution >= 0.6 is 0 Å². The Kier molecular flexibility index (Phi) is 7.04. The monoisotopic (exact) mass is 477 g/mol. The van der Waals surface area contributed by atoms with E-state index in [9.17, 15) is 9.50 Å². The third kappa shape index (κ3) is 4.79. The third-order valence-corrected chi connectivity index (χ3v) is 7.40. The SMILES string of the molecule is COC(OC)C1CCN(c2ccc([C@@H]3c4ccc(O)cc4CO[C@@H]3c3ccccc3F)cc2)CC1. The number of hydrogen-bond acceptors (Lipinski definition) is 5. The first-order valence-corrected chi connectivity index (χ1v) is 12.2. The summed E-state index contributed by atoms with van der Waals surface area (Å²) in [6, 6.07) is 20.7. The molecule has 1 N–H and O–H groups in total. The van der Waals surface area contributed by atoms with E-state index in [-0.39, 0.29) is 23.8 Å². The molecule has 2 heterocycles. The van der Waals surface area contributed by atoms with E-state index in [0.717, 1.165) is 42.6 Å². The zero-order valence-corrected chi connectivity index (χ0v) is 20.2. The lowest BCUT2D eigenvalue weighted by atomic mass is 9.79. The molecule has 2 aliphatic rings. The van der Waals surface area contributed by atoms with Gasteiger partial charge in [0.2, 0.25) is 0 Å². The highest BCUT2D eigenvalue weighted by atomic mass is 19.1. The number of phenols is 1. The molecule has 6 heteroatoms. The quantitative estimate of drug-likeness (QED) is 0.457. The molecule has 0 aliphatic carbocycles. The minimum absolute atomic E-state index is 0.152. The van der Waals surface area contributed by atoms with E-state index < -0.39 is 6.10 Å². The van der Waals surface area contributed by atoms with Crippen LogP contribution in [0.3, 0.4) is 0 Å². The number of nitrogens with zero attached hydrogens (tertiary/aromatic N) is 1. The van der Waals surface area contributed by atoms with Gasteiger partial charge in [0.05, 0.1) is 12.7 Å². The first-order valence-electron chi connectivity index (χ1n) is 12.2. The van der Waals surface area contributed by atoms with Gasteiger partial charge < -0.3 is 24.2 Å². The Morgan fingerprint density at radius 3 is 2.34 bits per heavy atom. The Morgan fingerprint density at radius 2 is 1.66 bits per heavy atom. The number of ether oxygens (including phenoxy) is 3. The Balaban J connectivity index is 1.42. The molecule has 0 bridgehead atoms. The minimum Gasteiger partial charge on any atom is -0.508 e. The first-order chi connectivity index (χ1) is 17.1. The van der Waals surface area contributed by atoms with Gasteiger partial charge in [-0.25, -0.2) is 4.39 Å². The fourth-order valence-corrected chi connectivity index (χ4v) is 5.59. The average molecular weight is 478 g/mol. The van der Waals surface area contributed by atoms with Crippen molar-refractivity contribution in [2.75, 3.05) is 32.2 Å². The summed E-state index contributed by atoms with van der Waals surface area (Å²) in [6.45, 7) is 2.22. The van der Waals surface area contributed by atoms with Gasteiger partial charge in [0.1, 0.15) is 11.6 Å². The minimum atomic E-state index is -0.449. The maximum Gasteiger partial charge on any atom is 0.159 e. The number of fused-ring (bicyclic) bond motifs is 1. The second-order valence-corrected chi connectivity index (χ2v) is 9.37. The number of phenolic OH excluding ortho intramolecular Hbond substituents is 1. The molecule has 0 saturated carbocycles. The summed E-state index contributed by atoms with van der Waals surface area (Å²) in [5.41, 5.74) is 4.76. The molecule has 0 spiro atoms. The molecule has 0 radical (unpaired) electrons. The zero-order chi connectivity index (χ0) is 24.4. The van der Waals surface area contributed by atoms with Crippen molar-refractivity contribution in [2.24, 2.45) is 5.92 Å². The largest absolute Gasteiger partial charge is 0.508 e. The van der Waals surface area contributed by atoms with Gasteiger partial charge in [0.25, 0.3) is 0 Å². The topological polar surface area (TPSA) is 51.2 Å². The van der Waals surface area contributed by atoms with Crippen LogP contribution in [-0.4, -0.2) is 38.7 Å². The van der Waals surface area contributed by atoms with Crippen LogP contribution < -0.4 is 4.90 Å². The Labute approximate surface area is 206 Å². The number of anilines is 1. The summed E-state index contributed by atoms with van der Waals surface area (Å²) < 4.78 is 31.9. The summed E-state index contributed by atoms with van der Waals surface area (Å²) in [5, 5.41) is 10.0. The first kappa shape index (κ1) is 23.8. The normalized spacial score (nSPS) is 20.7. The smallest absolute Gasteiger partial charge is 0.159 e. The van der Waals surface area contributed by atoms with E-state index in [1.54, 1.807) is 38.5 Å². The molecular formula is C29H32FNO4. The number of piperidine rings is 1. The predicted molar refractivity (Wildman–Crippen MR) is 133 cm³/mol. The molecule has 2 atom stereocenters. The van der Waals surface area contributed by atoms with E-state index in [0.29, 0.717) is 18.1 Å². The molecule has 0 aromatic heterocycles. The molecule has 184 valence electrons. The fraction of sp³-hybridized carbons (Fsp3) is 0.379. The number of halogens is 1. The highest BCUT2D eigenvalue weighted by molar-refractivity contribution is 5.52. The van der Waals surface area contributed by atoms with Crippen LogP contribution in [0.5, 0.6) is 5.75 Å². The van der Waals surface area contributed by atoms with Crippen molar-refractivity contribution in [1.82, 2.24) is 0 Å². The molecule has 1 saturated heterocycles. The van der Waals surface area contributed by atoms with Crippen LogP contribution in [0.4, 0.5) is 10.1 Å². The highest BCUT2D eigenvalue weighted by Gasteiger charge is 2.35. The Morgan fingerprint density at radius 1 is 0.943 bits per heavy atom. The van der Waals surface area contributed by atoms with E-state index in [4.69, 9.17) is 14.2 Å². The van der Waals surface area contributed by atoms with Gasteiger partial charge in [0, 0.05) is 50.4 Å². The van der Waals surface area contributed by atoms with E-state index in [2.05, 4.69) is 29.2 Å². The van der Waals surface area contributed by atoms with E-state index in [1.165, 1.54) is 11.8 Å². The van der Waals surface area contributed by atoms with Crippen molar-refractivity contribution in [3.05, 3.63) is 94.8 Å². The van der Waals surface area contributed by atoms with Crippen molar-refractivity contribution in [1.29, 1.82) is 0 Å². The van der Waals surface area contributed by atoms with Crippen LogP contribution in [-0.2, 0) is 20.8 Å². The Hall–Kier alpha value is -2.93. The van der Waals surface area contributed by atoms with Crippen LogP contribution in [0.15, 0.2) is 66.7 Å². The van der Waals surface area contributed by atoms with Crippen LogP contribution in [0.1, 0.15) is 47.1 Å².